The van der Waals surface area contributed by atoms with Gasteiger partial charge >= 0.3 is 6.47 Å². The third-order valence-corrected chi connectivity index (χ3v) is 3.24. The van der Waals surface area contributed by atoms with E-state index in [9.17, 15) is 9.32 Å². The van der Waals surface area contributed by atoms with E-state index in [4.69, 9.17) is 4.79 Å². The van der Waals surface area contributed by atoms with E-state index in [2.05, 4.69) is 27.8 Å². The summed E-state index contributed by atoms with van der Waals surface area (Å²) >= 11 is 3.36. The zero-order valence-electron chi connectivity index (χ0n) is 11.6. The van der Waals surface area contributed by atoms with E-state index >= 15 is 0 Å². The van der Waals surface area contributed by atoms with Gasteiger partial charge in [0.1, 0.15) is 0 Å². The van der Waals surface area contributed by atoms with Gasteiger partial charge in [0.25, 0.3) is 0 Å². The summed E-state index contributed by atoms with van der Waals surface area (Å²) in [5.74, 6) is 0.268. The van der Waals surface area contributed by atoms with Crippen LogP contribution in [0.4, 0.5) is 4.53 Å². The van der Waals surface area contributed by atoms with Gasteiger partial charge in [-0.15, -0.1) is 0 Å². The Bertz CT molecular complexity index is 379. The molecule has 0 saturated carbocycles. The second kappa shape index (κ2) is 12.8. The summed E-state index contributed by atoms with van der Waals surface area (Å²) in [7, 11) is 0. The first kappa shape index (κ1) is 18.8. The highest BCUT2D eigenvalue weighted by atomic mass is 79.9. The van der Waals surface area contributed by atoms with Gasteiger partial charge in [-0.1, -0.05) is 60.7 Å². The summed E-state index contributed by atoms with van der Waals surface area (Å²) in [6.07, 6.45) is 6.67. The first-order chi connectivity index (χ1) is 9.65. The Labute approximate surface area is 127 Å². The normalized spacial score (nSPS) is 9.35. The molecular formula is C15H20BrFO3. The Kier molecular flexibility index (Phi) is 12.0. The summed E-state index contributed by atoms with van der Waals surface area (Å²) in [4.78, 5) is 22.7. The topological polar surface area (TPSA) is 43.4 Å². The molecule has 0 aliphatic rings. The lowest BCUT2D eigenvalue weighted by Crippen LogP contribution is -1.98. The SMILES string of the molecule is CCCCCCCC(=O)c1ccc(Br)cc1.O=COF. The predicted octanol–water partition coefficient (Wildman–Crippen LogP) is 5.04. The van der Waals surface area contributed by atoms with Gasteiger partial charge in [0.15, 0.2) is 5.78 Å². The Morgan fingerprint density at radius 2 is 1.75 bits per heavy atom. The van der Waals surface area contributed by atoms with Crippen LogP contribution in [0, 0.1) is 0 Å². The molecule has 1 aromatic rings. The van der Waals surface area contributed by atoms with E-state index in [0.29, 0.717) is 6.42 Å². The van der Waals surface area contributed by atoms with Crippen molar-refractivity contribution >= 4 is 28.2 Å². The van der Waals surface area contributed by atoms with E-state index in [1.54, 1.807) is 0 Å². The smallest absolute Gasteiger partial charge is 0.294 e. The Balaban J connectivity index is 0.000000796. The molecule has 1 rings (SSSR count). The molecule has 0 aliphatic heterocycles. The van der Waals surface area contributed by atoms with Crippen LogP contribution in [-0.2, 0) is 9.74 Å². The Morgan fingerprint density at radius 3 is 2.25 bits per heavy atom. The Morgan fingerprint density at radius 1 is 1.20 bits per heavy atom. The van der Waals surface area contributed by atoms with Gasteiger partial charge in [-0.2, -0.15) is 0 Å². The fraction of sp³-hybridized carbons (Fsp3) is 0.467. The average Bonchev–Trinajstić information content (AvgIpc) is 2.48. The lowest BCUT2D eigenvalue weighted by Gasteiger charge is -2.01. The van der Waals surface area contributed by atoms with E-state index in [1.807, 2.05) is 24.3 Å². The molecule has 20 heavy (non-hydrogen) atoms. The molecule has 0 radical (unpaired) electrons. The monoisotopic (exact) mass is 346 g/mol. The Hall–Kier alpha value is -1.23. The maximum absolute atomic E-state index is 11.8. The van der Waals surface area contributed by atoms with Crippen LogP contribution in [-0.4, -0.2) is 12.3 Å². The minimum atomic E-state index is -0.292. The van der Waals surface area contributed by atoms with Crippen LogP contribution in [0.5, 0.6) is 0 Å². The number of unbranched alkanes of at least 4 members (excludes halogenated alkanes) is 4. The van der Waals surface area contributed by atoms with Crippen LogP contribution in [0.1, 0.15) is 55.8 Å². The summed E-state index contributed by atoms with van der Waals surface area (Å²) in [6, 6.07) is 7.62. The van der Waals surface area contributed by atoms with Crippen molar-refractivity contribution in [1.82, 2.24) is 0 Å². The van der Waals surface area contributed by atoms with Gasteiger partial charge in [0.05, 0.1) is 0 Å². The molecule has 0 spiro atoms. The highest BCUT2D eigenvalue weighted by Gasteiger charge is 2.04. The second-order valence-electron chi connectivity index (χ2n) is 4.28. The van der Waals surface area contributed by atoms with Gasteiger partial charge in [-0.3, -0.25) is 14.5 Å². The van der Waals surface area contributed by atoms with Gasteiger partial charge in [-0.05, 0) is 18.6 Å². The molecule has 5 heteroatoms. The molecule has 0 heterocycles. The maximum atomic E-state index is 11.8. The van der Waals surface area contributed by atoms with Gasteiger partial charge in [0, 0.05) is 21.0 Å². The average molecular weight is 347 g/mol. The minimum absolute atomic E-state index is 0.268. The van der Waals surface area contributed by atoms with Crippen molar-refractivity contribution in [2.75, 3.05) is 0 Å². The molecule has 0 unspecified atom stereocenters. The van der Waals surface area contributed by atoms with Crippen molar-refractivity contribution in [3.8, 4) is 0 Å². The number of carbonyl (C=O) groups is 2. The third kappa shape index (κ3) is 9.67. The van der Waals surface area contributed by atoms with Gasteiger partial charge in [0.2, 0.25) is 0 Å². The summed E-state index contributed by atoms with van der Waals surface area (Å²) in [6.45, 7) is 1.91. The summed E-state index contributed by atoms with van der Waals surface area (Å²) < 4.78 is 10.9. The van der Waals surface area contributed by atoms with Gasteiger partial charge < -0.3 is 0 Å². The van der Waals surface area contributed by atoms with Crippen molar-refractivity contribution in [3.63, 3.8) is 0 Å². The van der Waals surface area contributed by atoms with Crippen LogP contribution in [0.3, 0.4) is 0 Å². The van der Waals surface area contributed by atoms with Crippen molar-refractivity contribution in [1.29, 1.82) is 0 Å². The number of carbonyl (C=O) groups excluding carboxylic acids is 2. The number of benzene rings is 1. The van der Waals surface area contributed by atoms with E-state index in [1.165, 1.54) is 25.7 Å². The van der Waals surface area contributed by atoms with Crippen LogP contribution >= 0.6 is 15.9 Å². The molecular weight excluding hydrogens is 327 g/mol. The molecule has 0 atom stereocenters. The van der Waals surface area contributed by atoms with E-state index < -0.39 is 0 Å². The van der Waals surface area contributed by atoms with E-state index in [0.717, 1.165) is 16.5 Å². The number of hydrogen-bond donors (Lipinski definition) is 0. The zero-order chi connectivity index (χ0) is 15.2. The van der Waals surface area contributed by atoms with Crippen LogP contribution < -0.4 is 0 Å². The highest BCUT2D eigenvalue weighted by molar-refractivity contribution is 9.10. The van der Waals surface area contributed by atoms with Crippen molar-refractivity contribution < 1.29 is 19.1 Å². The number of halogens is 2. The molecule has 0 fully saturated rings. The molecule has 3 nitrogen and oxygen atoms in total. The quantitative estimate of drug-likeness (QED) is 0.376. The summed E-state index contributed by atoms with van der Waals surface area (Å²) in [5, 5.41) is 0. The van der Waals surface area contributed by atoms with Crippen molar-refractivity contribution in [2.24, 2.45) is 0 Å². The second-order valence-corrected chi connectivity index (χ2v) is 5.20. The fourth-order valence-corrected chi connectivity index (χ4v) is 1.93. The first-order valence-corrected chi connectivity index (χ1v) is 7.44. The largest absolute Gasteiger partial charge is 0.337 e. The first-order valence-electron chi connectivity index (χ1n) is 6.65. The standard InChI is InChI=1S/C14H19BrO.CHFO2/c1-2-3-4-5-6-7-14(16)12-8-10-13(15)11-9-12;2-4-1-3/h8-11H,2-7H2,1H3;1H. The minimum Gasteiger partial charge on any atom is -0.294 e. The van der Waals surface area contributed by atoms with Crippen LogP contribution in [0.2, 0.25) is 0 Å². The van der Waals surface area contributed by atoms with E-state index in [-0.39, 0.29) is 12.3 Å². The maximum Gasteiger partial charge on any atom is 0.337 e. The molecule has 1 aromatic carbocycles. The molecule has 0 aromatic heterocycles. The fourth-order valence-electron chi connectivity index (χ4n) is 1.67. The van der Waals surface area contributed by atoms with Crippen LogP contribution in [0.15, 0.2) is 28.7 Å². The number of Topliss-reactive ketones (excluding diaryl/α,β-unsaturated/α-hetero) is 1. The predicted molar refractivity (Wildman–Crippen MR) is 80.1 cm³/mol. The van der Waals surface area contributed by atoms with Crippen LogP contribution in [0.25, 0.3) is 0 Å². The number of rotatable bonds is 8. The highest BCUT2D eigenvalue weighted by Crippen LogP contribution is 2.14. The molecule has 0 saturated heterocycles. The molecule has 112 valence electrons. The lowest BCUT2D eigenvalue weighted by atomic mass is 10.0. The molecule has 0 aliphatic carbocycles. The van der Waals surface area contributed by atoms with Crippen molar-refractivity contribution in [2.45, 2.75) is 45.4 Å². The van der Waals surface area contributed by atoms with Crippen molar-refractivity contribution in [3.05, 3.63) is 34.3 Å². The third-order valence-electron chi connectivity index (χ3n) is 2.71. The van der Waals surface area contributed by atoms with Gasteiger partial charge in [-0.25, -0.2) is 0 Å². The number of hydrogen-bond acceptors (Lipinski definition) is 3. The molecule has 0 bridgehead atoms. The number of ketones is 1. The summed E-state index contributed by atoms with van der Waals surface area (Å²) in [5.41, 5.74) is 0.832. The molecule has 0 N–H and O–H groups in total. The zero-order valence-corrected chi connectivity index (χ0v) is 13.2. The lowest BCUT2D eigenvalue weighted by molar-refractivity contribution is -0.165. The molecule has 0 amide bonds.